The number of pyridine rings is 1. The molecule has 0 aliphatic carbocycles. The predicted octanol–water partition coefficient (Wildman–Crippen LogP) is 3.38. The summed E-state index contributed by atoms with van der Waals surface area (Å²) in [4.78, 5) is 29.2. The van der Waals surface area contributed by atoms with E-state index < -0.39 is 0 Å². The van der Waals surface area contributed by atoms with Crippen molar-refractivity contribution in [1.29, 1.82) is 0 Å². The second-order valence-corrected chi connectivity index (χ2v) is 5.89. The molecule has 3 rings (SSSR count). The van der Waals surface area contributed by atoms with Crippen LogP contribution < -0.4 is 10.6 Å². The van der Waals surface area contributed by atoms with Crippen LogP contribution in [-0.2, 0) is 0 Å². The molecular weight excluding hydrogens is 340 g/mol. The average molecular weight is 357 g/mol. The first-order valence-corrected chi connectivity index (χ1v) is 8.30. The molecule has 0 saturated heterocycles. The maximum Gasteiger partial charge on any atom is 0.287 e. The number of halogens is 1. The first-order valence-electron chi connectivity index (χ1n) is 7.92. The molecule has 25 heavy (non-hydrogen) atoms. The number of hydrogen-bond donors (Lipinski definition) is 2. The van der Waals surface area contributed by atoms with Crippen LogP contribution in [0.25, 0.3) is 5.52 Å². The summed E-state index contributed by atoms with van der Waals surface area (Å²) < 4.78 is 1.61. The normalized spacial score (nSPS) is 10.6. The van der Waals surface area contributed by atoms with Gasteiger partial charge in [-0.2, -0.15) is 0 Å². The van der Waals surface area contributed by atoms with Gasteiger partial charge in [0.05, 0.1) is 5.52 Å². The lowest BCUT2D eigenvalue weighted by Crippen LogP contribution is -2.26. The van der Waals surface area contributed by atoms with Gasteiger partial charge in [0.1, 0.15) is 0 Å². The van der Waals surface area contributed by atoms with Gasteiger partial charge in [-0.3, -0.25) is 14.0 Å². The molecule has 0 spiro atoms. The van der Waals surface area contributed by atoms with E-state index in [2.05, 4.69) is 15.6 Å². The van der Waals surface area contributed by atoms with E-state index in [-0.39, 0.29) is 23.3 Å². The summed E-state index contributed by atoms with van der Waals surface area (Å²) in [6, 6.07) is 12.1. The molecule has 1 aromatic carbocycles. The van der Waals surface area contributed by atoms with Crippen molar-refractivity contribution in [3.05, 3.63) is 65.2 Å². The Balaban J connectivity index is 1.94. The van der Waals surface area contributed by atoms with Gasteiger partial charge in [-0.05, 0) is 42.8 Å². The Morgan fingerprint density at radius 2 is 1.88 bits per heavy atom. The second-order valence-electron chi connectivity index (χ2n) is 5.46. The molecule has 2 aromatic heterocycles. The van der Waals surface area contributed by atoms with Crippen molar-refractivity contribution in [3.8, 4) is 0 Å². The van der Waals surface area contributed by atoms with Gasteiger partial charge in [0, 0.05) is 23.5 Å². The second kappa shape index (κ2) is 7.36. The molecular formula is C18H17ClN4O2. The van der Waals surface area contributed by atoms with E-state index in [1.807, 2.05) is 6.92 Å². The van der Waals surface area contributed by atoms with Crippen molar-refractivity contribution in [2.75, 3.05) is 11.9 Å². The standard InChI is InChI=1S/C18H17ClN4O2/c1-2-10-20-18(25)16-22-15(14-5-3-4-11-23(14)16)17(24)21-13-8-6-12(19)7-9-13/h3-9,11H,2,10H2,1H3,(H,20,25)(H,21,24). The number of nitrogens with zero attached hydrogens (tertiary/aromatic N) is 2. The van der Waals surface area contributed by atoms with Gasteiger partial charge < -0.3 is 10.6 Å². The van der Waals surface area contributed by atoms with Crippen LogP contribution in [0.4, 0.5) is 5.69 Å². The van der Waals surface area contributed by atoms with Crippen LogP contribution in [0.15, 0.2) is 48.7 Å². The first-order chi connectivity index (χ1) is 12.1. The number of hydrogen-bond acceptors (Lipinski definition) is 3. The van der Waals surface area contributed by atoms with E-state index >= 15 is 0 Å². The fourth-order valence-electron chi connectivity index (χ4n) is 2.41. The van der Waals surface area contributed by atoms with Crippen LogP contribution >= 0.6 is 11.6 Å². The summed E-state index contributed by atoms with van der Waals surface area (Å²) in [6.45, 7) is 2.52. The summed E-state index contributed by atoms with van der Waals surface area (Å²) in [5.74, 6) is -0.514. The van der Waals surface area contributed by atoms with E-state index in [4.69, 9.17) is 11.6 Å². The van der Waals surface area contributed by atoms with Crippen LogP contribution in [0.5, 0.6) is 0 Å². The molecule has 0 saturated carbocycles. The van der Waals surface area contributed by atoms with Crippen LogP contribution in [0, 0.1) is 0 Å². The molecule has 0 aliphatic rings. The molecule has 0 unspecified atom stereocenters. The predicted molar refractivity (Wildman–Crippen MR) is 97.2 cm³/mol. The third-order valence-corrected chi connectivity index (χ3v) is 3.86. The molecule has 7 heteroatoms. The molecule has 128 valence electrons. The number of aromatic nitrogens is 2. The highest BCUT2D eigenvalue weighted by molar-refractivity contribution is 6.30. The Hall–Kier alpha value is -2.86. The van der Waals surface area contributed by atoms with Crippen molar-refractivity contribution < 1.29 is 9.59 Å². The zero-order valence-corrected chi connectivity index (χ0v) is 14.4. The maximum absolute atomic E-state index is 12.6. The minimum absolute atomic E-state index is 0.185. The highest BCUT2D eigenvalue weighted by Crippen LogP contribution is 2.17. The molecule has 3 aromatic rings. The zero-order valence-electron chi connectivity index (χ0n) is 13.6. The largest absolute Gasteiger partial charge is 0.349 e. The highest BCUT2D eigenvalue weighted by Gasteiger charge is 2.21. The number of anilines is 1. The molecule has 2 amide bonds. The summed E-state index contributed by atoms with van der Waals surface area (Å²) in [7, 11) is 0. The van der Waals surface area contributed by atoms with Crippen molar-refractivity contribution in [2.45, 2.75) is 13.3 Å². The number of benzene rings is 1. The van der Waals surface area contributed by atoms with Crippen LogP contribution in [0.2, 0.25) is 5.02 Å². The Labute approximate surface area is 149 Å². The number of carbonyl (C=O) groups excluding carboxylic acids is 2. The van der Waals surface area contributed by atoms with Gasteiger partial charge in [-0.25, -0.2) is 4.98 Å². The average Bonchev–Trinajstić information content (AvgIpc) is 3.01. The minimum atomic E-state index is -0.388. The van der Waals surface area contributed by atoms with Gasteiger partial charge in [0.15, 0.2) is 5.69 Å². The molecule has 0 aliphatic heterocycles. The summed E-state index contributed by atoms with van der Waals surface area (Å²) in [6.07, 6.45) is 2.53. The van der Waals surface area contributed by atoms with E-state index in [0.717, 1.165) is 6.42 Å². The van der Waals surface area contributed by atoms with Gasteiger partial charge in [-0.15, -0.1) is 0 Å². The third kappa shape index (κ3) is 3.64. The molecule has 0 fully saturated rings. The summed E-state index contributed by atoms with van der Waals surface area (Å²) >= 11 is 5.85. The highest BCUT2D eigenvalue weighted by atomic mass is 35.5. The van der Waals surface area contributed by atoms with E-state index in [0.29, 0.717) is 22.8 Å². The lowest BCUT2D eigenvalue weighted by molar-refractivity contribution is 0.0942. The molecule has 6 nitrogen and oxygen atoms in total. The smallest absolute Gasteiger partial charge is 0.287 e. The van der Waals surface area contributed by atoms with Crippen LogP contribution in [0.1, 0.15) is 34.5 Å². The van der Waals surface area contributed by atoms with Crippen LogP contribution in [0.3, 0.4) is 0 Å². The van der Waals surface area contributed by atoms with Crippen molar-refractivity contribution >= 4 is 34.6 Å². The topological polar surface area (TPSA) is 75.5 Å². The van der Waals surface area contributed by atoms with Gasteiger partial charge in [0.2, 0.25) is 5.82 Å². The monoisotopic (exact) mass is 356 g/mol. The Morgan fingerprint density at radius 3 is 2.60 bits per heavy atom. The zero-order chi connectivity index (χ0) is 17.8. The van der Waals surface area contributed by atoms with Crippen LogP contribution in [-0.4, -0.2) is 27.7 Å². The molecule has 0 bridgehead atoms. The van der Waals surface area contributed by atoms with Gasteiger partial charge in [0.25, 0.3) is 11.8 Å². The molecule has 0 atom stereocenters. The van der Waals surface area contributed by atoms with E-state index in [1.165, 1.54) is 0 Å². The Bertz CT molecular complexity index is 918. The fourth-order valence-corrected chi connectivity index (χ4v) is 2.53. The maximum atomic E-state index is 12.6. The number of fused-ring (bicyclic) bond motifs is 1. The molecule has 0 radical (unpaired) electrons. The van der Waals surface area contributed by atoms with Crippen molar-refractivity contribution in [2.24, 2.45) is 0 Å². The van der Waals surface area contributed by atoms with E-state index in [9.17, 15) is 9.59 Å². The number of imidazole rings is 1. The lowest BCUT2D eigenvalue weighted by Gasteiger charge is -2.03. The van der Waals surface area contributed by atoms with Crippen molar-refractivity contribution in [1.82, 2.24) is 14.7 Å². The summed E-state index contributed by atoms with van der Waals surface area (Å²) in [5, 5.41) is 6.13. The Morgan fingerprint density at radius 1 is 1.12 bits per heavy atom. The fraction of sp³-hybridized carbons (Fsp3) is 0.167. The van der Waals surface area contributed by atoms with Gasteiger partial charge >= 0.3 is 0 Å². The van der Waals surface area contributed by atoms with Gasteiger partial charge in [-0.1, -0.05) is 24.6 Å². The van der Waals surface area contributed by atoms with E-state index in [1.54, 1.807) is 53.1 Å². The molecule has 2 N–H and O–H groups in total. The minimum Gasteiger partial charge on any atom is -0.349 e. The SMILES string of the molecule is CCCNC(=O)c1nc(C(=O)Nc2ccc(Cl)cc2)c2ccccn12. The number of carbonyl (C=O) groups is 2. The number of amides is 2. The summed E-state index contributed by atoms with van der Waals surface area (Å²) in [5.41, 5.74) is 1.36. The first kappa shape index (κ1) is 17.0. The number of nitrogens with one attached hydrogen (secondary N) is 2. The van der Waals surface area contributed by atoms with Crippen molar-refractivity contribution in [3.63, 3.8) is 0 Å². The third-order valence-electron chi connectivity index (χ3n) is 3.60. The quantitative estimate of drug-likeness (QED) is 0.735. The molecule has 2 heterocycles. The lowest BCUT2D eigenvalue weighted by atomic mass is 10.3. The Kier molecular flexibility index (Phi) is 5.00. The number of rotatable bonds is 5.